The lowest BCUT2D eigenvalue weighted by Crippen LogP contribution is -2.22. The SMILES string of the molecule is C=CCOC1CCN(c2ccnc(Cl)c2)C1. The highest BCUT2D eigenvalue weighted by molar-refractivity contribution is 6.29. The number of ether oxygens (including phenoxy) is 1. The van der Waals surface area contributed by atoms with Crippen molar-refractivity contribution in [2.45, 2.75) is 12.5 Å². The molecule has 1 fully saturated rings. The maximum absolute atomic E-state index is 5.86. The predicted octanol–water partition coefficient (Wildman–Crippen LogP) is 2.52. The Morgan fingerprint density at radius 3 is 3.31 bits per heavy atom. The molecule has 86 valence electrons. The fraction of sp³-hybridized carbons (Fsp3) is 0.417. The van der Waals surface area contributed by atoms with Gasteiger partial charge in [0.1, 0.15) is 5.15 Å². The van der Waals surface area contributed by atoms with E-state index in [2.05, 4.69) is 16.5 Å². The van der Waals surface area contributed by atoms with Crippen LogP contribution in [0.5, 0.6) is 0 Å². The van der Waals surface area contributed by atoms with Gasteiger partial charge in [-0.15, -0.1) is 6.58 Å². The highest BCUT2D eigenvalue weighted by Gasteiger charge is 2.22. The van der Waals surface area contributed by atoms with E-state index in [-0.39, 0.29) is 0 Å². The van der Waals surface area contributed by atoms with E-state index in [4.69, 9.17) is 16.3 Å². The third kappa shape index (κ3) is 2.74. The molecule has 0 aliphatic carbocycles. The zero-order valence-electron chi connectivity index (χ0n) is 9.10. The molecule has 1 aliphatic rings. The van der Waals surface area contributed by atoms with Crippen molar-refractivity contribution in [2.75, 3.05) is 24.6 Å². The van der Waals surface area contributed by atoms with Gasteiger partial charge in [-0.05, 0) is 18.6 Å². The first kappa shape index (κ1) is 11.4. The smallest absolute Gasteiger partial charge is 0.131 e. The summed E-state index contributed by atoms with van der Waals surface area (Å²) >= 11 is 5.86. The maximum atomic E-state index is 5.86. The van der Waals surface area contributed by atoms with E-state index in [1.807, 2.05) is 12.1 Å². The standard InChI is InChI=1S/C12H15ClN2O/c1-2-7-16-11-4-6-15(9-11)10-3-5-14-12(13)8-10/h2-3,5,8,11H,1,4,6-7,9H2. The molecule has 0 aromatic carbocycles. The van der Waals surface area contributed by atoms with Crippen LogP contribution in [0.25, 0.3) is 0 Å². The molecule has 4 heteroatoms. The van der Waals surface area contributed by atoms with E-state index < -0.39 is 0 Å². The first-order valence-electron chi connectivity index (χ1n) is 5.38. The molecule has 1 saturated heterocycles. The molecule has 0 saturated carbocycles. The van der Waals surface area contributed by atoms with Crippen LogP contribution in [0.4, 0.5) is 5.69 Å². The summed E-state index contributed by atoms with van der Waals surface area (Å²) in [5.74, 6) is 0. The molecule has 1 aliphatic heterocycles. The van der Waals surface area contributed by atoms with Crippen molar-refractivity contribution in [2.24, 2.45) is 0 Å². The molecule has 1 unspecified atom stereocenters. The van der Waals surface area contributed by atoms with Gasteiger partial charge in [-0.2, -0.15) is 0 Å². The van der Waals surface area contributed by atoms with Gasteiger partial charge in [0.2, 0.25) is 0 Å². The Morgan fingerprint density at radius 1 is 1.69 bits per heavy atom. The van der Waals surface area contributed by atoms with Crippen LogP contribution >= 0.6 is 11.6 Å². The lowest BCUT2D eigenvalue weighted by atomic mass is 10.3. The van der Waals surface area contributed by atoms with Crippen LogP contribution in [0.3, 0.4) is 0 Å². The van der Waals surface area contributed by atoms with Crippen molar-refractivity contribution < 1.29 is 4.74 Å². The highest BCUT2D eigenvalue weighted by Crippen LogP contribution is 2.23. The minimum Gasteiger partial charge on any atom is -0.372 e. The van der Waals surface area contributed by atoms with Gasteiger partial charge in [-0.25, -0.2) is 4.98 Å². The van der Waals surface area contributed by atoms with Gasteiger partial charge >= 0.3 is 0 Å². The Bertz CT molecular complexity index is 370. The van der Waals surface area contributed by atoms with E-state index in [1.165, 1.54) is 0 Å². The summed E-state index contributed by atoms with van der Waals surface area (Å²) in [5, 5.41) is 0.535. The second-order valence-electron chi connectivity index (χ2n) is 3.82. The van der Waals surface area contributed by atoms with Crippen LogP contribution < -0.4 is 4.90 Å². The molecule has 0 spiro atoms. The molecule has 0 N–H and O–H groups in total. The predicted molar refractivity (Wildman–Crippen MR) is 66.0 cm³/mol. The fourth-order valence-corrected chi connectivity index (χ4v) is 2.06. The summed E-state index contributed by atoms with van der Waals surface area (Å²) in [6.45, 7) is 6.18. The summed E-state index contributed by atoms with van der Waals surface area (Å²) in [7, 11) is 0. The van der Waals surface area contributed by atoms with Gasteiger partial charge in [-0.3, -0.25) is 0 Å². The second-order valence-corrected chi connectivity index (χ2v) is 4.20. The molecule has 1 aromatic rings. The van der Waals surface area contributed by atoms with Crippen molar-refractivity contribution in [1.82, 2.24) is 4.98 Å². The van der Waals surface area contributed by atoms with Gasteiger partial charge < -0.3 is 9.64 Å². The van der Waals surface area contributed by atoms with Crippen molar-refractivity contribution in [3.05, 3.63) is 36.1 Å². The van der Waals surface area contributed by atoms with Crippen LogP contribution in [0.2, 0.25) is 5.15 Å². The van der Waals surface area contributed by atoms with Gasteiger partial charge in [-0.1, -0.05) is 17.7 Å². The maximum Gasteiger partial charge on any atom is 0.131 e. The van der Waals surface area contributed by atoms with Crippen LogP contribution in [0.1, 0.15) is 6.42 Å². The summed E-state index contributed by atoms with van der Waals surface area (Å²) in [5.41, 5.74) is 1.12. The normalized spacial score (nSPS) is 20.1. The molecule has 2 rings (SSSR count). The Hall–Kier alpha value is -1.06. The molecule has 0 amide bonds. The lowest BCUT2D eigenvalue weighted by molar-refractivity contribution is 0.0909. The first-order valence-corrected chi connectivity index (χ1v) is 5.76. The minimum absolute atomic E-state index is 0.296. The average Bonchev–Trinajstić information content (AvgIpc) is 2.75. The summed E-state index contributed by atoms with van der Waals surface area (Å²) in [4.78, 5) is 6.24. The third-order valence-corrected chi connectivity index (χ3v) is 2.88. The molecule has 1 atom stereocenters. The lowest BCUT2D eigenvalue weighted by Gasteiger charge is -2.18. The van der Waals surface area contributed by atoms with Gasteiger partial charge in [0.05, 0.1) is 12.7 Å². The fourth-order valence-electron chi connectivity index (χ4n) is 1.89. The molecule has 0 bridgehead atoms. The summed E-state index contributed by atoms with van der Waals surface area (Å²) < 4.78 is 5.63. The third-order valence-electron chi connectivity index (χ3n) is 2.67. The summed E-state index contributed by atoms with van der Waals surface area (Å²) in [6.07, 6.45) is 4.86. The highest BCUT2D eigenvalue weighted by atomic mass is 35.5. The van der Waals surface area contributed by atoms with Crippen LogP contribution in [0.15, 0.2) is 31.0 Å². The average molecular weight is 239 g/mol. The van der Waals surface area contributed by atoms with Crippen molar-refractivity contribution >= 4 is 17.3 Å². The topological polar surface area (TPSA) is 25.4 Å². The number of aromatic nitrogens is 1. The zero-order valence-corrected chi connectivity index (χ0v) is 9.86. The van der Waals surface area contributed by atoms with E-state index in [0.29, 0.717) is 17.9 Å². The molecule has 0 radical (unpaired) electrons. The number of rotatable bonds is 4. The van der Waals surface area contributed by atoms with E-state index in [9.17, 15) is 0 Å². The molecular weight excluding hydrogens is 224 g/mol. The van der Waals surface area contributed by atoms with Gasteiger partial charge in [0, 0.05) is 25.0 Å². The molecule has 1 aromatic heterocycles. The number of halogens is 1. The molecule has 3 nitrogen and oxygen atoms in total. The monoisotopic (exact) mass is 238 g/mol. The first-order chi connectivity index (χ1) is 7.79. The van der Waals surface area contributed by atoms with Crippen molar-refractivity contribution in [3.8, 4) is 0 Å². The molecular formula is C12H15ClN2O. The summed E-state index contributed by atoms with van der Waals surface area (Å²) in [6, 6.07) is 3.86. The van der Waals surface area contributed by atoms with E-state index >= 15 is 0 Å². The quantitative estimate of drug-likeness (QED) is 0.595. The van der Waals surface area contributed by atoms with Crippen molar-refractivity contribution in [1.29, 1.82) is 0 Å². The molecule has 16 heavy (non-hydrogen) atoms. The zero-order chi connectivity index (χ0) is 11.4. The Balaban J connectivity index is 1.95. The van der Waals surface area contributed by atoms with Gasteiger partial charge in [0.15, 0.2) is 0 Å². The number of pyridine rings is 1. The van der Waals surface area contributed by atoms with E-state index in [1.54, 1.807) is 12.3 Å². The number of nitrogens with zero attached hydrogens (tertiary/aromatic N) is 2. The minimum atomic E-state index is 0.296. The Morgan fingerprint density at radius 2 is 2.56 bits per heavy atom. The Kier molecular flexibility index (Phi) is 3.80. The van der Waals surface area contributed by atoms with Crippen LogP contribution in [-0.2, 0) is 4.74 Å². The Labute approximate surface area is 101 Å². The van der Waals surface area contributed by atoms with Gasteiger partial charge in [0.25, 0.3) is 0 Å². The van der Waals surface area contributed by atoms with E-state index in [0.717, 1.165) is 25.2 Å². The number of hydrogen-bond donors (Lipinski definition) is 0. The van der Waals surface area contributed by atoms with Crippen LogP contribution in [-0.4, -0.2) is 30.8 Å². The molecule has 2 heterocycles. The van der Waals surface area contributed by atoms with Crippen molar-refractivity contribution in [3.63, 3.8) is 0 Å². The number of hydrogen-bond acceptors (Lipinski definition) is 3. The largest absolute Gasteiger partial charge is 0.372 e. The number of anilines is 1. The van der Waals surface area contributed by atoms with Crippen LogP contribution in [0, 0.1) is 0 Å². The second kappa shape index (κ2) is 5.32.